The second-order valence-corrected chi connectivity index (χ2v) is 8.99. The summed E-state index contributed by atoms with van der Waals surface area (Å²) in [5.41, 5.74) is 1.23. The normalized spacial score (nSPS) is 14.5. The lowest BCUT2D eigenvalue weighted by atomic mass is 10.1. The highest BCUT2D eigenvalue weighted by Crippen LogP contribution is 2.29. The average Bonchev–Trinajstić information content (AvgIpc) is 2.87. The number of hydrogen-bond acceptors (Lipinski definition) is 9. The Morgan fingerprint density at radius 1 is 1.12 bits per heavy atom. The molecule has 0 unspecified atom stereocenters. The first kappa shape index (κ1) is 25.1. The maximum atomic E-state index is 12.9. The van der Waals surface area contributed by atoms with Crippen LogP contribution in [-0.2, 0) is 29.1 Å². The molecule has 2 aromatic rings. The Morgan fingerprint density at radius 2 is 1.82 bits per heavy atom. The van der Waals surface area contributed by atoms with Crippen molar-refractivity contribution >= 4 is 33.8 Å². The van der Waals surface area contributed by atoms with Gasteiger partial charge in [0, 0.05) is 13.1 Å². The van der Waals surface area contributed by atoms with Gasteiger partial charge in [0.05, 0.1) is 49.8 Å². The quantitative estimate of drug-likeness (QED) is 0.317. The van der Waals surface area contributed by atoms with Crippen molar-refractivity contribution in [3.8, 4) is 5.75 Å². The van der Waals surface area contributed by atoms with Crippen LogP contribution >= 0.6 is 0 Å². The molecule has 1 fully saturated rings. The molecule has 0 aliphatic carbocycles. The van der Waals surface area contributed by atoms with E-state index in [1.54, 1.807) is 24.3 Å². The lowest BCUT2D eigenvalue weighted by Crippen LogP contribution is -2.40. The number of amides is 1. The van der Waals surface area contributed by atoms with Crippen molar-refractivity contribution in [3.05, 3.63) is 53.6 Å². The van der Waals surface area contributed by atoms with Gasteiger partial charge in [0.2, 0.25) is 10.0 Å². The number of nitrogens with one attached hydrogen (secondary N) is 1. The van der Waals surface area contributed by atoms with E-state index in [0.29, 0.717) is 30.1 Å². The van der Waals surface area contributed by atoms with E-state index in [1.165, 1.54) is 42.9 Å². The molecule has 1 saturated heterocycles. The number of hydrogen-bond donors (Lipinski definition) is 1. The van der Waals surface area contributed by atoms with E-state index in [-0.39, 0.29) is 23.7 Å². The Labute approximate surface area is 197 Å². The van der Waals surface area contributed by atoms with Crippen molar-refractivity contribution in [3.63, 3.8) is 0 Å². The van der Waals surface area contributed by atoms with Gasteiger partial charge in [-0.3, -0.25) is 4.79 Å². The molecule has 0 aromatic heterocycles. The zero-order valence-corrected chi connectivity index (χ0v) is 19.5. The molecule has 0 bridgehead atoms. The number of ether oxygens (including phenoxy) is 3. The van der Waals surface area contributed by atoms with Crippen molar-refractivity contribution in [2.24, 2.45) is 5.16 Å². The van der Waals surface area contributed by atoms with E-state index in [9.17, 15) is 18.0 Å². The summed E-state index contributed by atoms with van der Waals surface area (Å²) >= 11 is 0. The zero-order chi connectivity index (χ0) is 24.6. The smallest absolute Gasteiger partial charge is 0.337 e. The highest BCUT2D eigenvalue weighted by atomic mass is 32.2. The predicted molar refractivity (Wildman–Crippen MR) is 123 cm³/mol. The van der Waals surface area contributed by atoms with Gasteiger partial charge >= 0.3 is 5.97 Å². The van der Waals surface area contributed by atoms with E-state index >= 15 is 0 Å². The molecule has 1 N–H and O–H groups in total. The SMILES string of the molecule is COC(=O)c1ccc(/C=N/OCC(=O)Nc2cc(S(=O)(=O)N3CCOCC3)ccc2OC)cc1. The summed E-state index contributed by atoms with van der Waals surface area (Å²) in [6.07, 6.45) is 1.38. The molecular weight excluding hydrogens is 466 g/mol. The van der Waals surface area contributed by atoms with Crippen molar-refractivity contribution in [1.82, 2.24) is 4.31 Å². The topological polar surface area (TPSA) is 133 Å². The van der Waals surface area contributed by atoms with Gasteiger partial charge in [-0.25, -0.2) is 13.2 Å². The van der Waals surface area contributed by atoms with Gasteiger partial charge in [-0.2, -0.15) is 4.31 Å². The number of carbonyl (C=O) groups is 2. The van der Waals surface area contributed by atoms with Crippen LogP contribution in [0, 0.1) is 0 Å². The molecular formula is C22H25N3O8S. The summed E-state index contributed by atoms with van der Waals surface area (Å²) in [5.74, 6) is -0.713. The van der Waals surface area contributed by atoms with Crippen LogP contribution in [0.3, 0.4) is 0 Å². The summed E-state index contributed by atoms with van der Waals surface area (Å²) < 4.78 is 42.2. The second-order valence-electron chi connectivity index (χ2n) is 7.05. The van der Waals surface area contributed by atoms with Gasteiger partial charge in [0.1, 0.15) is 5.75 Å². The van der Waals surface area contributed by atoms with Crippen LogP contribution in [-0.4, -0.2) is 77.9 Å². The first-order valence-electron chi connectivity index (χ1n) is 10.2. The predicted octanol–water partition coefficient (Wildman–Crippen LogP) is 1.49. The first-order valence-corrected chi connectivity index (χ1v) is 11.7. The van der Waals surface area contributed by atoms with Crippen LogP contribution in [0.25, 0.3) is 0 Å². The highest BCUT2D eigenvalue weighted by Gasteiger charge is 2.27. The van der Waals surface area contributed by atoms with Crippen LogP contribution in [0.1, 0.15) is 15.9 Å². The Morgan fingerprint density at radius 3 is 2.47 bits per heavy atom. The summed E-state index contributed by atoms with van der Waals surface area (Å²) in [6.45, 7) is 0.749. The summed E-state index contributed by atoms with van der Waals surface area (Å²) in [7, 11) is -1.04. The molecule has 11 nitrogen and oxygen atoms in total. The largest absolute Gasteiger partial charge is 0.495 e. The van der Waals surface area contributed by atoms with Crippen molar-refractivity contribution < 1.29 is 37.1 Å². The number of sulfonamides is 1. The number of rotatable bonds is 9. The Bertz CT molecular complexity index is 1140. The molecule has 0 atom stereocenters. The highest BCUT2D eigenvalue weighted by molar-refractivity contribution is 7.89. The minimum atomic E-state index is -3.74. The third-order valence-electron chi connectivity index (χ3n) is 4.86. The lowest BCUT2D eigenvalue weighted by molar-refractivity contribution is -0.120. The molecule has 0 saturated carbocycles. The minimum absolute atomic E-state index is 0.0276. The van der Waals surface area contributed by atoms with Gasteiger partial charge in [-0.15, -0.1) is 0 Å². The molecule has 182 valence electrons. The number of carbonyl (C=O) groups excluding carboxylic acids is 2. The van der Waals surface area contributed by atoms with Crippen molar-refractivity contribution in [2.45, 2.75) is 4.90 Å². The number of oxime groups is 1. The molecule has 1 heterocycles. The molecule has 34 heavy (non-hydrogen) atoms. The fraction of sp³-hybridized carbons (Fsp3) is 0.318. The maximum Gasteiger partial charge on any atom is 0.337 e. The second kappa shape index (κ2) is 11.6. The molecule has 3 rings (SSSR count). The van der Waals surface area contributed by atoms with Crippen LogP contribution in [0.4, 0.5) is 5.69 Å². The lowest BCUT2D eigenvalue weighted by Gasteiger charge is -2.26. The molecule has 0 spiro atoms. The van der Waals surface area contributed by atoms with Crippen molar-refractivity contribution in [1.29, 1.82) is 0 Å². The summed E-state index contributed by atoms with van der Waals surface area (Å²) in [4.78, 5) is 28.8. The molecule has 2 aromatic carbocycles. The van der Waals surface area contributed by atoms with Crippen LogP contribution in [0.2, 0.25) is 0 Å². The molecule has 1 aliphatic heterocycles. The van der Waals surface area contributed by atoms with Gasteiger partial charge in [-0.1, -0.05) is 17.3 Å². The van der Waals surface area contributed by atoms with E-state index in [0.717, 1.165) is 0 Å². The number of anilines is 1. The third-order valence-corrected chi connectivity index (χ3v) is 6.75. The number of benzene rings is 2. The number of esters is 1. The van der Waals surface area contributed by atoms with E-state index in [4.69, 9.17) is 14.3 Å². The van der Waals surface area contributed by atoms with Crippen LogP contribution in [0.5, 0.6) is 5.75 Å². The monoisotopic (exact) mass is 491 g/mol. The van der Waals surface area contributed by atoms with Crippen LogP contribution in [0.15, 0.2) is 52.5 Å². The minimum Gasteiger partial charge on any atom is -0.495 e. The standard InChI is InChI=1S/C22H25N3O8S/c1-30-20-8-7-18(34(28,29)25-9-11-32-12-10-25)13-19(20)24-21(26)15-33-23-14-16-3-5-17(6-4-16)22(27)31-2/h3-8,13-14H,9-12,15H2,1-2H3,(H,24,26)/b23-14+. The average molecular weight is 492 g/mol. The first-order chi connectivity index (χ1) is 16.3. The number of methoxy groups -OCH3 is 2. The molecule has 12 heteroatoms. The maximum absolute atomic E-state index is 12.9. The third kappa shape index (κ3) is 6.31. The number of morpholine rings is 1. The van der Waals surface area contributed by atoms with E-state index in [1.807, 2.05) is 0 Å². The fourth-order valence-corrected chi connectivity index (χ4v) is 4.52. The summed E-state index contributed by atoms with van der Waals surface area (Å²) in [6, 6.07) is 10.7. The molecule has 0 radical (unpaired) electrons. The van der Waals surface area contributed by atoms with Gasteiger partial charge in [0.25, 0.3) is 5.91 Å². The zero-order valence-electron chi connectivity index (χ0n) is 18.7. The summed E-state index contributed by atoms with van der Waals surface area (Å²) in [5, 5.41) is 6.31. The van der Waals surface area contributed by atoms with Gasteiger partial charge in [0.15, 0.2) is 6.61 Å². The van der Waals surface area contributed by atoms with Gasteiger partial charge in [-0.05, 0) is 35.9 Å². The van der Waals surface area contributed by atoms with E-state index < -0.39 is 28.5 Å². The fourth-order valence-electron chi connectivity index (χ4n) is 3.08. The van der Waals surface area contributed by atoms with Gasteiger partial charge < -0.3 is 24.4 Å². The Kier molecular flexibility index (Phi) is 8.57. The Balaban J connectivity index is 1.61. The Hall–Kier alpha value is -3.48. The van der Waals surface area contributed by atoms with Crippen LogP contribution < -0.4 is 10.1 Å². The number of nitrogens with zero attached hydrogens (tertiary/aromatic N) is 2. The molecule has 1 aliphatic rings. The van der Waals surface area contributed by atoms with E-state index in [2.05, 4.69) is 15.2 Å². The van der Waals surface area contributed by atoms with Crippen molar-refractivity contribution in [2.75, 3.05) is 52.4 Å². The molecule has 1 amide bonds.